The number of hydrogen-bond acceptors (Lipinski definition) is 5. The molecule has 3 amide bonds. The highest BCUT2D eigenvalue weighted by molar-refractivity contribution is 6.02. The topological polar surface area (TPSA) is 137 Å². The van der Waals surface area contributed by atoms with Crippen molar-refractivity contribution in [1.29, 1.82) is 0 Å². The first-order chi connectivity index (χ1) is 14.8. The van der Waals surface area contributed by atoms with E-state index in [-0.39, 0.29) is 12.5 Å². The summed E-state index contributed by atoms with van der Waals surface area (Å²) < 4.78 is 5.87. The predicted molar refractivity (Wildman–Crippen MR) is 121 cm³/mol. The van der Waals surface area contributed by atoms with Gasteiger partial charge in [-0.05, 0) is 48.1 Å². The largest absolute Gasteiger partial charge is 0.493 e. The summed E-state index contributed by atoms with van der Waals surface area (Å²) in [7, 11) is 0. The van der Waals surface area contributed by atoms with E-state index in [2.05, 4.69) is 10.6 Å². The van der Waals surface area contributed by atoms with Crippen LogP contribution in [-0.4, -0.2) is 43.5 Å². The maximum Gasteiger partial charge on any atom is 0.255 e. The Bertz CT molecular complexity index is 914. The highest BCUT2D eigenvalue weighted by atomic mass is 16.5. The Morgan fingerprint density at radius 3 is 2.35 bits per heavy atom. The van der Waals surface area contributed by atoms with Crippen molar-refractivity contribution in [2.75, 3.05) is 19.7 Å². The van der Waals surface area contributed by atoms with E-state index >= 15 is 0 Å². The fourth-order valence-electron chi connectivity index (χ4n) is 3.15. The van der Waals surface area contributed by atoms with Gasteiger partial charge in [0.2, 0.25) is 11.8 Å². The maximum absolute atomic E-state index is 12.5. The minimum atomic E-state index is -0.619. The third kappa shape index (κ3) is 7.90. The third-order valence-corrected chi connectivity index (χ3v) is 4.71. The maximum atomic E-state index is 12.5. The third-order valence-electron chi connectivity index (χ3n) is 4.71. The molecule has 0 bridgehead atoms. The molecule has 168 valence electrons. The molecule has 2 rings (SSSR count). The van der Waals surface area contributed by atoms with Crippen LogP contribution in [0.1, 0.15) is 43.5 Å². The Kier molecular flexibility index (Phi) is 9.27. The summed E-state index contributed by atoms with van der Waals surface area (Å²) in [5, 5.41) is 7.17. The van der Waals surface area contributed by atoms with E-state index in [9.17, 15) is 14.4 Å². The van der Waals surface area contributed by atoms with Crippen molar-refractivity contribution in [3.63, 3.8) is 0 Å². The number of carbonyl (C=O) groups is 3. The number of carbonyl (C=O) groups excluding carboxylic acids is 3. The molecule has 31 heavy (non-hydrogen) atoms. The van der Waals surface area contributed by atoms with Crippen molar-refractivity contribution in [3.8, 4) is 5.75 Å². The smallest absolute Gasteiger partial charge is 0.255 e. The molecule has 2 aromatic rings. The molecule has 0 radical (unpaired) electrons. The van der Waals surface area contributed by atoms with Gasteiger partial charge in [0, 0.05) is 6.54 Å². The van der Waals surface area contributed by atoms with E-state index < -0.39 is 17.9 Å². The van der Waals surface area contributed by atoms with Crippen molar-refractivity contribution in [3.05, 3.63) is 42.0 Å². The van der Waals surface area contributed by atoms with Crippen molar-refractivity contribution in [2.45, 2.75) is 39.2 Å². The Balaban J connectivity index is 1.91. The number of amides is 3. The van der Waals surface area contributed by atoms with Gasteiger partial charge in [0.05, 0.1) is 24.8 Å². The SMILES string of the molecule is CC(C)CC(N)C(=O)NCCCCOc1cc2ccccc2cc1C(=O)NCC(N)=O. The second-order valence-electron chi connectivity index (χ2n) is 7.93. The normalized spacial score (nSPS) is 11.9. The monoisotopic (exact) mass is 428 g/mol. The molecule has 0 aromatic heterocycles. The summed E-state index contributed by atoms with van der Waals surface area (Å²) in [4.78, 5) is 35.4. The zero-order valence-electron chi connectivity index (χ0n) is 18.1. The van der Waals surface area contributed by atoms with Gasteiger partial charge >= 0.3 is 0 Å². The van der Waals surface area contributed by atoms with Gasteiger partial charge < -0.3 is 26.8 Å². The van der Waals surface area contributed by atoms with Gasteiger partial charge in [-0.1, -0.05) is 38.1 Å². The van der Waals surface area contributed by atoms with Gasteiger partial charge in [-0.25, -0.2) is 0 Å². The van der Waals surface area contributed by atoms with Crippen LogP contribution >= 0.6 is 0 Å². The summed E-state index contributed by atoms with van der Waals surface area (Å²) in [6, 6.07) is 10.7. The quantitative estimate of drug-likeness (QED) is 0.382. The first-order valence-electron chi connectivity index (χ1n) is 10.5. The van der Waals surface area contributed by atoms with Gasteiger partial charge in [0.1, 0.15) is 5.75 Å². The number of rotatable bonds is 12. The minimum absolute atomic E-state index is 0.141. The summed E-state index contributed by atoms with van der Waals surface area (Å²) >= 11 is 0. The predicted octanol–water partition coefficient (Wildman–Crippen LogP) is 1.70. The number of nitrogens with two attached hydrogens (primary N) is 2. The van der Waals surface area contributed by atoms with Crippen LogP contribution in [0.3, 0.4) is 0 Å². The highest BCUT2D eigenvalue weighted by Crippen LogP contribution is 2.26. The Hall–Kier alpha value is -3.13. The molecule has 1 atom stereocenters. The summed E-state index contributed by atoms with van der Waals surface area (Å²) in [5.41, 5.74) is 11.3. The summed E-state index contributed by atoms with van der Waals surface area (Å²) in [6.45, 7) is 4.70. The number of ether oxygens (including phenoxy) is 1. The van der Waals surface area contributed by atoms with Gasteiger partial charge in [-0.3, -0.25) is 14.4 Å². The van der Waals surface area contributed by atoms with Crippen LogP contribution in [0.4, 0.5) is 0 Å². The number of hydrogen-bond donors (Lipinski definition) is 4. The highest BCUT2D eigenvalue weighted by Gasteiger charge is 2.16. The molecular formula is C23H32N4O4. The number of unbranched alkanes of at least 4 members (excludes halogenated alkanes) is 1. The van der Waals surface area contributed by atoms with E-state index in [1.165, 1.54) is 0 Å². The van der Waals surface area contributed by atoms with E-state index in [4.69, 9.17) is 16.2 Å². The van der Waals surface area contributed by atoms with E-state index in [1.807, 2.05) is 38.1 Å². The van der Waals surface area contributed by atoms with Crippen LogP contribution in [0.5, 0.6) is 5.75 Å². The zero-order valence-corrected chi connectivity index (χ0v) is 18.1. The van der Waals surface area contributed by atoms with E-state index in [1.54, 1.807) is 12.1 Å². The second kappa shape index (κ2) is 11.9. The zero-order chi connectivity index (χ0) is 22.8. The lowest BCUT2D eigenvalue weighted by molar-refractivity contribution is -0.122. The molecule has 0 aliphatic rings. The van der Waals surface area contributed by atoms with Crippen LogP contribution in [0.2, 0.25) is 0 Å². The first kappa shape index (κ1) is 24.1. The van der Waals surface area contributed by atoms with E-state index in [0.717, 1.165) is 17.2 Å². The fourth-order valence-corrected chi connectivity index (χ4v) is 3.15. The van der Waals surface area contributed by atoms with Gasteiger partial charge in [-0.15, -0.1) is 0 Å². The van der Waals surface area contributed by atoms with Crippen molar-refractivity contribution >= 4 is 28.5 Å². The molecule has 0 fully saturated rings. The van der Waals surface area contributed by atoms with Crippen molar-refractivity contribution in [2.24, 2.45) is 17.4 Å². The van der Waals surface area contributed by atoms with Crippen LogP contribution in [0.15, 0.2) is 36.4 Å². The first-order valence-corrected chi connectivity index (χ1v) is 10.5. The molecule has 6 N–H and O–H groups in total. The van der Waals surface area contributed by atoms with Crippen LogP contribution in [0.25, 0.3) is 10.8 Å². The average Bonchev–Trinajstić information content (AvgIpc) is 2.73. The molecule has 8 heteroatoms. The number of primary amides is 1. The summed E-state index contributed by atoms with van der Waals surface area (Å²) in [6.07, 6.45) is 2.06. The van der Waals surface area contributed by atoms with Gasteiger partial charge in [0.15, 0.2) is 0 Å². The molecule has 0 saturated carbocycles. The Labute approximate surface area is 182 Å². The lowest BCUT2D eigenvalue weighted by Gasteiger charge is -2.15. The second-order valence-corrected chi connectivity index (χ2v) is 7.93. The molecule has 0 aliphatic carbocycles. The number of nitrogens with one attached hydrogen (secondary N) is 2. The molecule has 0 spiro atoms. The average molecular weight is 429 g/mol. The standard InChI is InChI=1S/C23H32N4O4/c1-15(2)11-19(24)23(30)26-9-5-6-10-31-20-13-17-8-4-3-7-16(17)12-18(20)22(29)27-14-21(25)28/h3-4,7-8,12-13,15,19H,5-6,9-11,14,24H2,1-2H3,(H2,25,28)(H,26,30)(H,27,29). The molecular weight excluding hydrogens is 396 g/mol. The van der Waals surface area contributed by atoms with Crippen LogP contribution in [-0.2, 0) is 9.59 Å². The lowest BCUT2D eigenvalue weighted by atomic mass is 10.0. The number of fused-ring (bicyclic) bond motifs is 1. The van der Waals surface area contributed by atoms with Gasteiger partial charge in [0.25, 0.3) is 5.91 Å². The van der Waals surface area contributed by atoms with Crippen molar-refractivity contribution in [1.82, 2.24) is 10.6 Å². The molecule has 8 nitrogen and oxygen atoms in total. The molecule has 0 heterocycles. The Morgan fingerprint density at radius 2 is 1.71 bits per heavy atom. The summed E-state index contributed by atoms with van der Waals surface area (Å²) in [5.74, 6) is -0.385. The van der Waals surface area contributed by atoms with Crippen molar-refractivity contribution < 1.29 is 19.1 Å². The molecule has 0 aliphatic heterocycles. The molecule has 0 saturated heterocycles. The lowest BCUT2D eigenvalue weighted by Crippen LogP contribution is -2.41. The fraction of sp³-hybridized carbons (Fsp3) is 0.435. The van der Waals surface area contributed by atoms with Gasteiger partial charge in [-0.2, -0.15) is 0 Å². The Morgan fingerprint density at radius 1 is 1.03 bits per heavy atom. The van der Waals surface area contributed by atoms with E-state index in [0.29, 0.717) is 43.2 Å². The molecule has 1 unspecified atom stereocenters. The van der Waals surface area contributed by atoms with Crippen LogP contribution in [0, 0.1) is 5.92 Å². The number of benzene rings is 2. The van der Waals surface area contributed by atoms with Crippen LogP contribution < -0.4 is 26.8 Å². The minimum Gasteiger partial charge on any atom is -0.493 e. The molecule has 2 aromatic carbocycles.